The molecule has 2 heterocycles. The molecule has 2 aliphatic heterocycles. The molecule has 0 radical (unpaired) electrons. The van der Waals surface area contributed by atoms with E-state index < -0.39 is 0 Å². The molecule has 1 amide bonds. The Balaban J connectivity index is 1.76. The highest BCUT2D eigenvalue weighted by molar-refractivity contribution is 6.31. The predicted molar refractivity (Wildman–Crippen MR) is 85.4 cm³/mol. The van der Waals surface area contributed by atoms with E-state index in [4.69, 9.17) is 16.3 Å². The van der Waals surface area contributed by atoms with E-state index in [9.17, 15) is 9.90 Å². The van der Waals surface area contributed by atoms with Crippen molar-refractivity contribution >= 4 is 23.2 Å². The fourth-order valence-electron chi connectivity index (χ4n) is 2.86. The van der Waals surface area contributed by atoms with E-state index in [0.29, 0.717) is 30.3 Å². The van der Waals surface area contributed by atoms with E-state index in [1.165, 1.54) is 0 Å². The number of hydrogen-bond acceptors (Lipinski definition) is 4. The fourth-order valence-corrected chi connectivity index (χ4v) is 3.03. The number of carbonyl (C=O) groups is 1. The zero-order chi connectivity index (χ0) is 15.6. The molecular weight excluding hydrogens is 304 g/mol. The maximum atomic E-state index is 12.6. The summed E-state index contributed by atoms with van der Waals surface area (Å²) in [6.45, 7) is 3.32. The van der Waals surface area contributed by atoms with Crippen molar-refractivity contribution < 1.29 is 14.6 Å². The number of aliphatic hydroxyl groups is 1. The lowest BCUT2D eigenvalue weighted by atomic mass is 9.87. The summed E-state index contributed by atoms with van der Waals surface area (Å²) in [5.74, 6) is 0.0413. The van der Waals surface area contributed by atoms with E-state index in [2.05, 4.69) is 5.32 Å². The van der Waals surface area contributed by atoms with Crippen molar-refractivity contribution in [2.45, 2.75) is 12.8 Å². The van der Waals surface area contributed by atoms with Crippen LogP contribution in [0, 0.1) is 5.41 Å². The molecule has 5 nitrogen and oxygen atoms in total. The molecule has 0 aromatic heterocycles. The molecule has 120 valence electrons. The van der Waals surface area contributed by atoms with Gasteiger partial charge in [0.1, 0.15) is 0 Å². The molecule has 6 heteroatoms. The van der Waals surface area contributed by atoms with Gasteiger partial charge in [0.15, 0.2) is 0 Å². The Bertz CT molecular complexity index is 549. The molecule has 0 spiro atoms. The highest BCUT2D eigenvalue weighted by Crippen LogP contribution is 2.29. The fraction of sp³-hybridized carbons (Fsp3) is 0.562. The van der Waals surface area contributed by atoms with Gasteiger partial charge in [0.25, 0.3) is 5.91 Å². The molecule has 1 aromatic carbocycles. The number of ether oxygens (including phenoxy) is 1. The number of halogens is 1. The number of amides is 1. The molecule has 0 atom stereocenters. The van der Waals surface area contributed by atoms with E-state index in [1.54, 1.807) is 18.2 Å². The number of nitrogens with zero attached hydrogens (tertiary/aromatic N) is 1. The van der Waals surface area contributed by atoms with Crippen molar-refractivity contribution in [2.24, 2.45) is 5.41 Å². The normalized spacial score (nSPS) is 19.8. The second kappa shape index (κ2) is 6.44. The molecule has 0 bridgehead atoms. The second-order valence-electron chi connectivity index (χ2n) is 6.19. The van der Waals surface area contributed by atoms with Gasteiger partial charge in [0.2, 0.25) is 0 Å². The Kier molecular flexibility index (Phi) is 4.57. The average molecular weight is 325 g/mol. The summed E-state index contributed by atoms with van der Waals surface area (Å²) >= 11 is 6.07. The van der Waals surface area contributed by atoms with Crippen LogP contribution < -0.4 is 5.32 Å². The molecule has 0 saturated carbocycles. The van der Waals surface area contributed by atoms with Crippen LogP contribution in [0.2, 0.25) is 5.02 Å². The molecule has 2 aliphatic rings. The van der Waals surface area contributed by atoms with Gasteiger partial charge in [0.05, 0.1) is 30.8 Å². The van der Waals surface area contributed by atoms with Crippen LogP contribution in [0.4, 0.5) is 5.69 Å². The SMILES string of the molecule is O=C(c1ccc(Cl)cc1NCC1(CO)COC1)N1CCCC1. The van der Waals surface area contributed by atoms with Gasteiger partial charge in [-0.05, 0) is 31.0 Å². The third kappa shape index (κ3) is 3.07. The smallest absolute Gasteiger partial charge is 0.255 e. The Morgan fingerprint density at radius 2 is 2.09 bits per heavy atom. The highest BCUT2D eigenvalue weighted by Gasteiger charge is 2.38. The largest absolute Gasteiger partial charge is 0.396 e. The van der Waals surface area contributed by atoms with Crippen LogP contribution in [0.3, 0.4) is 0 Å². The van der Waals surface area contributed by atoms with E-state index in [1.807, 2.05) is 4.90 Å². The van der Waals surface area contributed by atoms with Crippen LogP contribution in [-0.4, -0.2) is 55.4 Å². The summed E-state index contributed by atoms with van der Waals surface area (Å²) in [4.78, 5) is 14.5. The van der Waals surface area contributed by atoms with Crippen molar-refractivity contribution in [1.29, 1.82) is 0 Å². The topological polar surface area (TPSA) is 61.8 Å². The quantitative estimate of drug-likeness (QED) is 0.869. The Morgan fingerprint density at radius 1 is 1.36 bits per heavy atom. The molecule has 2 fully saturated rings. The van der Waals surface area contributed by atoms with Crippen LogP contribution in [0.15, 0.2) is 18.2 Å². The summed E-state index contributed by atoms with van der Waals surface area (Å²) in [5, 5.41) is 13.4. The van der Waals surface area contributed by atoms with Crippen LogP contribution in [0.25, 0.3) is 0 Å². The van der Waals surface area contributed by atoms with Gasteiger partial charge in [-0.3, -0.25) is 4.79 Å². The molecule has 2 saturated heterocycles. The molecule has 0 unspecified atom stereocenters. The van der Waals surface area contributed by atoms with Crippen LogP contribution in [-0.2, 0) is 4.74 Å². The van der Waals surface area contributed by atoms with Gasteiger partial charge >= 0.3 is 0 Å². The first-order valence-electron chi connectivity index (χ1n) is 7.65. The number of benzene rings is 1. The van der Waals surface area contributed by atoms with Crippen molar-refractivity contribution in [3.8, 4) is 0 Å². The maximum Gasteiger partial charge on any atom is 0.255 e. The van der Waals surface area contributed by atoms with Gasteiger partial charge < -0.3 is 20.1 Å². The number of hydrogen-bond donors (Lipinski definition) is 2. The van der Waals surface area contributed by atoms with Crippen LogP contribution in [0.5, 0.6) is 0 Å². The lowest BCUT2D eigenvalue weighted by molar-refractivity contribution is -0.128. The number of likely N-dealkylation sites (tertiary alicyclic amines) is 1. The number of aliphatic hydroxyl groups excluding tert-OH is 1. The van der Waals surface area contributed by atoms with Gasteiger partial charge in [-0.1, -0.05) is 11.6 Å². The Morgan fingerprint density at radius 3 is 2.68 bits per heavy atom. The Labute approximate surface area is 135 Å². The minimum atomic E-state index is -0.254. The summed E-state index contributed by atoms with van der Waals surface area (Å²) in [7, 11) is 0. The third-order valence-corrected chi connectivity index (χ3v) is 4.65. The van der Waals surface area contributed by atoms with Gasteiger partial charge in [-0.25, -0.2) is 0 Å². The van der Waals surface area contributed by atoms with Gasteiger partial charge in [-0.15, -0.1) is 0 Å². The minimum Gasteiger partial charge on any atom is -0.396 e. The van der Waals surface area contributed by atoms with Crippen molar-refractivity contribution in [1.82, 2.24) is 4.90 Å². The van der Waals surface area contributed by atoms with Crippen molar-refractivity contribution in [3.63, 3.8) is 0 Å². The number of nitrogens with one attached hydrogen (secondary N) is 1. The minimum absolute atomic E-state index is 0.0413. The van der Waals surface area contributed by atoms with E-state index in [-0.39, 0.29) is 17.9 Å². The number of anilines is 1. The van der Waals surface area contributed by atoms with Crippen molar-refractivity contribution in [2.75, 3.05) is 44.8 Å². The van der Waals surface area contributed by atoms with Crippen LogP contribution in [0.1, 0.15) is 23.2 Å². The number of rotatable bonds is 5. The first-order chi connectivity index (χ1) is 10.6. The van der Waals surface area contributed by atoms with E-state index in [0.717, 1.165) is 31.6 Å². The first-order valence-corrected chi connectivity index (χ1v) is 8.03. The summed E-state index contributed by atoms with van der Waals surface area (Å²) in [6.07, 6.45) is 2.13. The first kappa shape index (κ1) is 15.6. The lowest BCUT2D eigenvalue weighted by Gasteiger charge is -2.40. The zero-order valence-corrected chi connectivity index (χ0v) is 13.2. The lowest BCUT2D eigenvalue weighted by Crippen LogP contribution is -2.50. The molecule has 2 N–H and O–H groups in total. The second-order valence-corrected chi connectivity index (χ2v) is 6.63. The number of carbonyl (C=O) groups excluding carboxylic acids is 1. The summed E-state index contributed by atoms with van der Waals surface area (Å²) in [5.41, 5.74) is 1.11. The molecule has 3 rings (SSSR count). The Hall–Kier alpha value is -1.30. The van der Waals surface area contributed by atoms with Crippen LogP contribution >= 0.6 is 11.6 Å². The zero-order valence-electron chi connectivity index (χ0n) is 12.5. The van der Waals surface area contributed by atoms with E-state index >= 15 is 0 Å². The average Bonchev–Trinajstić information content (AvgIpc) is 3.00. The standard InChI is InChI=1S/C16H21ClN2O3/c17-12-3-4-13(15(21)19-5-1-2-6-19)14(7-12)18-8-16(9-20)10-22-11-16/h3-4,7,18,20H,1-2,5-6,8-11H2. The van der Waals surface area contributed by atoms with Gasteiger partial charge in [-0.2, -0.15) is 0 Å². The monoisotopic (exact) mass is 324 g/mol. The summed E-state index contributed by atoms with van der Waals surface area (Å²) < 4.78 is 5.20. The third-order valence-electron chi connectivity index (χ3n) is 4.41. The maximum absolute atomic E-state index is 12.6. The van der Waals surface area contributed by atoms with Crippen molar-refractivity contribution in [3.05, 3.63) is 28.8 Å². The molecule has 1 aromatic rings. The molecule has 0 aliphatic carbocycles. The molecular formula is C16H21ClN2O3. The predicted octanol–water partition coefficient (Wildman–Crippen LogP) is 2.00. The van der Waals surface area contributed by atoms with Gasteiger partial charge in [0, 0.05) is 30.3 Å². The molecule has 22 heavy (non-hydrogen) atoms. The summed E-state index contributed by atoms with van der Waals surface area (Å²) in [6, 6.07) is 5.29. The highest BCUT2D eigenvalue weighted by atomic mass is 35.5.